The van der Waals surface area contributed by atoms with Crippen molar-refractivity contribution in [1.82, 2.24) is 10.3 Å². The molecule has 0 radical (unpaired) electrons. The number of fused-ring (bicyclic) bond motifs is 1. The number of para-hydroxylation sites is 2. The van der Waals surface area contributed by atoms with Crippen LogP contribution in [0.5, 0.6) is 17.2 Å². The molecule has 0 aliphatic carbocycles. The van der Waals surface area contributed by atoms with Crippen LogP contribution in [0.4, 0.5) is 6.01 Å². The van der Waals surface area contributed by atoms with Crippen molar-refractivity contribution in [1.29, 1.82) is 0 Å². The molecule has 8 nitrogen and oxygen atoms in total. The van der Waals surface area contributed by atoms with Crippen molar-refractivity contribution in [2.45, 2.75) is 31.7 Å². The second kappa shape index (κ2) is 9.80. The van der Waals surface area contributed by atoms with E-state index in [1.54, 1.807) is 33.5 Å². The molecule has 1 amide bonds. The van der Waals surface area contributed by atoms with Gasteiger partial charge in [0.1, 0.15) is 22.8 Å². The number of carbonyl (C=O) groups is 1. The number of rotatable bonds is 9. The molecule has 2 heterocycles. The van der Waals surface area contributed by atoms with Crippen LogP contribution in [0.2, 0.25) is 0 Å². The minimum atomic E-state index is -0.0191. The zero-order chi connectivity index (χ0) is 22.5. The summed E-state index contributed by atoms with van der Waals surface area (Å²) in [6.45, 7) is 1.42. The highest BCUT2D eigenvalue weighted by atomic mass is 16.5. The van der Waals surface area contributed by atoms with Crippen LogP contribution in [0.15, 0.2) is 40.8 Å². The fraction of sp³-hybridized carbons (Fsp3) is 0.417. The predicted octanol–water partition coefficient (Wildman–Crippen LogP) is 3.57. The minimum Gasteiger partial charge on any atom is -0.496 e. The van der Waals surface area contributed by atoms with E-state index in [0.29, 0.717) is 42.6 Å². The fourth-order valence-electron chi connectivity index (χ4n) is 4.17. The monoisotopic (exact) mass is 439 g/mol. The largest absolute Gasteiger partial charge is 0.496 e. The first-order chi connectivity index (χ1) is 15.6. The van der Waals surface area contributed by atoms with Crippen LogP contribution in [0.25, 0.3) is 11.1 Å². The highest BCUT2D eigenvalue weighted by Crippen LogP contribution is 2.35. The van der Waals surface area contributed by atoms with Crippen molar-refractivity contribution in [3.05, 3.63) is 42.0 Å². The zero-order valence-corrected chi connectivity index (χ0v) is 18.7. The van der Waals surface area contributed by atoms with Gasteiger partial charge < -0.3 is 28.8 Å². The van der Waals surface area contributed by atoms with Gasteiger partial charge in [-0.1, -0.05) is 12.1 Å². The molecular formula is C24H29N3O5. The van der Waals surface area contributed by atoms with E-state index in [0.717, 1.165) is 36.0 Å². The van der Waals surface area contributed by atoms with Crippen LogP contribution < -0.4 is 24.4 Å². The zero-order valence-electron chi connectivity index (χ0n) is 18.7. The molecule has 1 aromatic heterocycles. The topological polar surface area (TPSA) is 86.1 Å². The summed E-state index contributed by atoms with van der Waals surface area (Å²) in [6, 6.07) is 12.1. The fourth-order valence-corrected chi connectivity index (χ4v) is 4.17. The number of ether oxygens (including phenoxy) is 3. The standard InChI is InChI=1S/C24H29N3O5/c1-29-17-13-21(30-2)18(22(14-17)31-3)10-11-23(28)25-15-16-7-6-12-27(16)24-26-19-8-4-5-9-20(19)32-24/h4-5,8-9,13-14,16H,6-7,10-12,15H2,1-3H3,(H,25,28). The van der Waals surface area contributed by atoms with Crippen molar-refractivity contribution in [3.8, 4) is 17.2 Å². The average Bonchev–Trinajstić information content (AvgIpc) is 3.47. The predicted molar refractivity (Wildman–Crippen MR) is 122 cm³/mol. The molecule has 1 unspecified atom stereocenters. The Kier molecular flexibility index (Phi) is 6.68. The normalized spacial score (nSPS) is 15.7. The molecule has 3 aromatic rings. The molecule has 0 spiro atoms. The molecule has 8 heteroatoms. The van der Waals surface area contributed by atoms with Crippen LogP contribution in [0, 0.1) is 0 Å². The van der Waals surface area contributed by atoms with E-state index < -0.39 is 0 Å². The van der Waals surface area contributed by atoms with Crippen LogP contribution in [0.1, 0.15) is 24.8 Å². The van der Waals surface area contributed by atoms with E-state index in [4.69, 9.17) is 18.6 Å². The van der Waals surface area contributed by atoms with Crippen LogP contribution in [-0.4, -0.2) is 51.4 Å². The van der Waals surface area contributed by atoms with E-state index in [-0.39, 0.29) is 11.9 Å². The third-order valence-corrected chi connectivity index (χ3v) is 5.86. The summed E-state index contributed by atoms with van der Waals surface area (Å²) in [6.07, 6.45) is 2.86. The molecule has 1 atom stereocenters. The Hall–Kier alpha value is -3.42. The summed E-state index contributed by atoms with van der Waals surface area (Å²) in [7, 11) is 4.78. The van der Waals surface area contributed by atoms with Gasteiger partial charge in [0.25, 0.3) is 6.01 Å². The van der Waals surface area contributed by atoms with Gasteiger partial charge in [-0.15, -0.1) is 0 Å². The highest BCUT2D eigenvalue weighted by Gasteiger charge is 2.28. The maximum atomic E-state index is 12.6. The molecule has 2 aromatic carbocycles. The Morgan fingerprint density at radius 1 is 1.16 bits per heavy atom. The van der Waals surface area contributed by atoms with Crippen molar-refractivity contribution in [2.75, 3.05) is 39.3 Å². The Balaban J connectivity index is 1.36. The second-order valence-electron chi connectivity index (χ2n) is 7.77. The van der Waals surface area contributed by atoms with Gasteiger partial charge in [-0.25, -0.2) is 0 Å². The summed E-state index contributed by atoms with van der Waals surface area (Å²) in [4.78, 5) is 19.4. The van der Waals surface area contributed by atoms with Gasteiger partial charge in [-0.2, -0.15) is 4.98 Å². The number of anilines is 1. The number of nitrogens with one attached hydrogen (secondary N) is 1. The number of nitrogens with zero attached hydrogens (tertiary/aromatic N) is 2. The summed E-state index contributed by atoms with van der Waals surface area (Å²) in [5.41, 5.74) is 2.47. The lowest BCUT2D eigenvalue weighted by molar-refractivity contribution is -0.121. The number of amides is 1. The molecule has 170 valence electrons. The number of benzene rings is 2. The molecule has 4 rings (SSSR count). The lowest BCUT2D eigenvalue weighted by Gasteiger charge is -2.23. The van der Waals surface area contributed by atoms with E-state index in [1.807, 2.05) is 24.3 Å². The summed E-state index contributed by atoms with van der Waals surface area (Å²) >= 11 is 0. The Morgan fingerprint density at radius 3 is 2.59 bits per heavy atom. The first-order valence-corrected chi connectivity index (χ1v) is 10.8. The minimum absolute atomic E-state index is 0.0191. The van der Waals surface area contributed by atoms with Gasteiger partial charge in [-0.05, 0) is 31.4 Å². The SMILES string of the molecule is COc1cc(OC)c(CCC(=O)NCC2CCCN2c2nc3ccccc3o2)c(OC)c1. The van der Waals surface area contributed by atoms with Crippen molar-refractivity contribution >= 4 is 23.0 Å². The molecule has 0 bridgehead atoms. The van der Waals surface area contributed by atoms with Crippen LogP contribution in [0.3, 0.4) is 0 Å². The van der Waals surface area contributed by atoms with E-state index in [2.05, 4.69) is 15.2 Å². The smallest absolute Gasteiger partial charge is 0.298 e. The Labute approximate surface area is 187 Å². The second-order valence-corrected chi connectivity index (χ2v) is 7.77. The van der Waals surface area contributed by atoms with Gasteiger partial charge in [0.2, 0.25) is 5.91 Å². The quantitative estimate of drug-likeness (QED) is 0.545. The first-order valence-electron chi connectivity index (χ1n) is 10.8. The maximum absolute atomic E-state index is 12.6. The third-order valence-electron chi connectivity index (χ3n) is 5.86. The number of hydrogen-bond donors (Lipinski definition) is 1. The van der Waals surface area contributed by atoms with E-state index in [1.165, 1.54) is 0 Å². The van der Waals surface area contributed by atoms with Crippen molar-refractivity contribution in [2.24, 2.45) is 0 Å². The molecule has 1 aliphatic heterocycles. The maximum Gasteiger partial charge on any atom is 0.298 e. The van der Waals surface area contributed by atoms with Crippen LogP contribution in [-0.2, 0) is 11.2 Å². The van der Waals surface area contributed by atoms with E-state index >= 15 is 0 Å². The number of aromatic nitrogens is 1. The number of methoxy groups -OCH3 is 3. The van der Waals surface area contributed by atoms with E-state index in [9.17, 15) is 4.79 Å². The number of carbonyl (C=O) groups excluding carboxylic acids is 1. The Bertz CT molecular complexity index is 1020. The first kappa shape index (κ1) is 21.8. The summed E-state index contributed by atoms with van der Waals surface area (Å²) in [5.74, 6) is 1.92. The molecular weight excluding hydrogens is 410 g/mol. The number of hydrogen-bond acceptors (Lipinski definition) is 7. The summed E-state index contributed by atoms with van der Waals surface area (Å²) < 4.78 is 22.2. The summed E-state index contributed by atoms with van der Waals surface area (Å²) in [5, 5.41) is 3.07. The molecule has 1 N–H and O–H groups in total. The van der Waals surface area contributed by atoms with Gasteiger partial charge in [0.05, 0.1) is 27.4 Å². The van der Waals surface area contributed by atoms with Gasteiger partial charge in [-0.3, -0.25) is 4.79 Å². The van der Waals surface area contributed by atoms with Gasteiger partial charge in [0.15, 0.2) is 5.58 Å². The number of oxazole rings is 1. The van der Waals surface area contributed by atoms with Gasteiger partial charge >= 0.3 is 0 Å². The third kappa shape index (κ3) is 4.59. The molecule has 0 saturated carbocycles. The van der Waals surface area contributed by atoms with Gasteiger partial charge in [0, 0.05) is 37.2 Å². The van der Waals surface area contributed by atoms with Crippen molar-refractivity contribution < 1.29 is 23.4 Å². The average molecular weight is 440 g/mol. The molecule has 1 saturated heterocycles. The van der Waals surface area contributed by atoms with Crippen molar-refractivity contribution in [3.63, 3.8) is 0 Å². The highest BCUT2D eigenvalue weighted by molar-refractivity contribution is 5.77. The molecule has 1 aliphatic rings. The lowest BCUT2D eigenvalue weighted by Crippen LogP contribution is -2.40. The molecule has 32 heavy (non-hydrogen) atoms. The lowest BCUT2D eigenvalue weighted by atomic mass is 10.1. The molecule has 1 fully saturated rings. The van der Waals surface area contributed by atoms with Crippen LogP contribution >= 0.6 is 0 Å². The Morgan fingerprint density at radius 2 is 1.91 bits per heavy atom.